The van der Waals surface area contributed by atoms with Gasteiger partial charge in [0.1, 0.15) is 0 Å². The van der Waals surface area contributed by atoms with E-state index in [-0.39, 0.29) is 11.0 Å². The molecular weight excluding hydrogens is 326 g/mol. The van der Waals surface area contributed by atoms with Crippen molar-refractivity contribution >= 4 is 29.1 Å². The van der Waals surface area contributed by atoms with Crippen LogP contribution in [0.15, 0.2) is 23.3 Å². The first-order valence-electron chi connectivity index (χ1n) is 7.55. The molecule has 0 saturated carbocycles. The van der Waals surface area contributed by atoms with E-state index in [9.17, 15) is 15.2 Å². The zero-order valence-corrected chi connectivity index (χ0v) is 13.5. The fraction of sp³-hybridized carbons (Fsp3) is 0.267. The first kappa shape index (κ1) is 17.7. The Morgan fingerprint density at radius 2 is 2.16 bits per heavy atom. The number of fused-ring (bicyclic) bond motifs is 1. The summed E-state index contributed by atoms with van der Waals surface area (Å²) in [5, 5.41) is 39.5. The van der Waals surface area contributed by atoms with E-state index in [4.69, 9.17) is 11.0 Å². The van der Waals surface area contributed by atoms with Gasteiger partial charge in [-0.05, 0) is 18.6 Å². The summed E-state index contributed by atoms with van der Waals surface area (Å²) in [5.74, 6) is -0.461. The largest absolute Gasteiger partial charge is 0.710 e. The Labute approximate surface area is 143 Å². The number of carbonyl (C=O) groups excluding carboxylic acids is 1. The second-order valence-corrected chi connectivity index (χ2v) is 5.16. The Morgan fingerprint density at radius 1 is 1.40 bits per heavy atom. The molecule has 0 aliphatic carbocycles. The predicted octanol–water partition coefficient (Wildman–Crippen LogP) is -0.00632. The molecule has 0 aliphatic heterocycles. The molecule has 0 saturated heterocycles. The molecule has 130 valence electrons. The van der Waals surface area contributed by atoms with Gasteiger partial charge in [0.2, 0.25) is 5.52 Å². The highest BCUT2D eigenvalue weighted by atomic mass is 16.5. The van der Waals surface area contributed by atoms with E-state index in [0.29, 0.717) is 21.6 Å². The minimum atomic E-state index is -0.481. The van der Waals surface area contributed by atoms with Crippen LogP contribution in [0, 0.1) is 21.7 Å². The zero-order chi connectivity index (χ0) is 18.4. The van der Waals surface area contributed by atoms with Crippen molar-refractivity contribution in [3.63, 3.8) is 0 Å². The van der Waals surface area contributed by atoms with Gasteiger partial charge < -0.3 is 15.7 Å². The molecule has 0 fully saturated rings. The smallest absolute Gasteiger partial charge is 0.385 e. The highest BCUT2D eigenvalue weighted by Crippen LogP contribution is 2.11. The number of hydrogen-bond acceptors (Lipinski definition) is 6. The number of nitrogens with one attached hydrogen (secondary N) is 2. The lowest BCUT2D eigenvalue weighted by Gasteiger charge is -2.10. The molecule has 25 heavy (non-hydrogen) atoms. The third kappa shape index (κ3) is 3.84. The first-order valence-corrected chi connectivity index (χ1v) is 7.55. The van der Waals surface area contributed by atoms with Crippen LogP contribution in [-0.2, 0) is 0 Å². The number of nitrogen functional groups attached to an aromatic ring is 1. The highest BCUT2D eigenvalue weighted by Gasteiger charge is 2.23. The van der Waals surface area contributed by atoms with Gasteiger partial charge in [-0.25, -0.2) is 15.0 Å². The number of urea groups is 1. The van der Waals surface area contributed by atoms with E-state index in [2.05, 4.69) is 15.8 Å². The maximum absolute atomic E-state index is 12.2. The van der Waals surface area contributed by atoms with Gasteiger partial charge in [-0.1, -0.05) is 13.3 Å². The second-order valence-electron chi connectivity index (χ2n) is 5.16. The first-order chi connectivity index (χ1) is 12.0. The van der Waals surface area contributed by atoms with Crippen LogP contribution in [0.1, 0.15) is 31.0 Å². The van der Waals surface area contributed by atoms with Gasteiger partial charge in [-0.2, -0.15) is 10.4 Å². The lowest BCUT2D eigenvalue weighted by Crippen LogP contribution is -2.43. The summed E-state index contributed by atoms with van der Waals surface area (Å²) in [7, 11) is 0. The summed E-state index contributed by atoms with van der Waals surface area (Å²) in [4.78, 5) is 11.5. The molecule has 1 aromatic heterocycles. The van der Waals surface area contributed by atoms with Crippen molar-refractivity contribution in [3.05, 3.63) is 39.9 Å². The number of rotatable bonds is 5. The van der Waals surface area contributed by atoms with E-state index >= 15 is 0 Å². The van der Waals surface area contributed by atoms with Crippen LogP contribution in [0.4, 0.5) is 10.6 Å². The number of unbranched alkanes of at least 4 members (excludes halogenated alkanes) is 1. The Bertz CT molecular complexity index is 874. The topological polar surface area (TPSA) is 157 Å². The number of amides is 2. The van der Waals surface area contributed by atoms with Gasteiger partial charge in [0, 0.05) is 18.2 Å². The van der Waals surface area contributed by atoms with Crippen LogP contribution < -0.4 is 25.9 Å². The number of hydrazone groups is 1. The maximum atomic E-state index is 12.2. The van der Waals surface area contributed by atoms with Crippen molar-refractivity contribution < 1.29 is 14.3 Å². The van der Waals surface area contributed by atoms with Crippen LogP contribution in [-0.4, -0.2) is 18.8 Å². The molecule has 0 spiro atoms. The minimum absolute atomic E-state index is 0.0221. The average Bonchev–Trinajstić information content (AvgIpc) is 2.60. The molecule has 0 atom stereocenters. The molecule has 2 amide bonds. The normalized spacial score (nSPS) is 10.7. The van der Waals surface area contributed by atoms with Crippen LogP contribution in [0.25, 0.3) is 11.0 Å². The van der Waals surface area contributed by atoms with Crippen molar-refractivity contribution in [3.8, 4) is 6.07 Å². The number of benzene rings is 1. The van der Waals surface area contributed by atoms with Crippen molar-refractivity contribution in [2.24, 2.45) is 5.10 Å². The summed E-state index contributed by atoms with van der Waals surface area (Å²) in [6.07, 6.45) is 3.14. The molecule has 2 aromatic rings. The van der Waals surface area contributed by atoms with Crippen LogP contribution in [0.2, 0.25) is 0 Å². The van der Waals surface area contributed by atoms with Gasteiger partial charge in [-0.15, -0.1) is 4.73 Å². The average molecular weight is 343 g/mol. The van der Waals surface area contributed by atoms with Gasteiger partial charge in [0.15, 0.2) is 6.07 Å². The quantitative estimate of drug-likeness (QED) is 0.229. The predicted molar refractivity (Wildman–Crippen MR) is 90.0 cm³/mol. The van der Waals surface area contributed by atoms with Crippen LogP contribution >= 0.6 is 0 Å². The highest BCUT2D eigenvalue weighted by molar-refractivity contribution is 5.86. The Balaban J connectivity index is 2.22. The molecule has 0 aliphatic rings. The molecule has 0 unspecified atom stereocenters. The Hall–Kier alpha value is -3.61. The summed E-state index contributed by atoms with van der Waals surface area (Å²) in [6.45, 7) is 2.56. The number of carbonyl (C=O) groups is 1. The number of hydrogen-bond donors (Lipinski definition) is 3. The van der Waals surface area contributed by atoms with E-state index < -0.39 is 17.5 Å². The molecule has 0 bridgehead atoms. The van der Waals surface area contributed by atoms with Crippen LogP contribution in [0.3, 0.4) is 0 Å². The third-order valence-corrected chi connectivity index (χ3v) is 3.40. The van der Waals surface area contributed by atoms with Crippen LogP contribution in [0.5, 0.6) is 0 Å². The number of aromatic nitrogens is 2. The van der Waals surface area contributed by atoms with E-state index in [1.54, 1.807) is 6.07 Å². The molecule has 10 heteroatoms. The maximum Gasteiger partial charge on any atom is 0.385 e. The number of anilines is 1. The van der Waals surface area contributed by atoms with Crippen molar-refractivity contribution in [1.82, 2.24) is 10.7 Å². The zero-order valence-electron chi connectivity index (χ0n) is 13.5. The molecule has 2 rings (SSSR count). The van der Waals surface area contributed by atoms with Gasteiger partial charge >= 0.3 is 17.5 Å². The van der Waals surface area contributed by atoms with Crippen molar-refractivity contribution in [1.29, 1.82) is 5.26 Å². The second kappa shape index (κ2) is 7.78. The van der Waals surface area contributed by atoms with E-state index in [1.807, 2.05) is 6.92 Å². The van der Waals surface area contributed by atoms with Crippen molar-refractivity contribution in [2.45, 2.75) is 19.8 Å². The molecule has 4 N–H and O–H groups in total. The summed E-state index contributed by atoms with van der Waals surface area (Å²) < 4.78 is 0.615. The minimum Gasteiger partial charge on any atom is -0.710 e. The monoisotopic (exact) mass is 343 g/mol. The molecule has 1 aromatic carbocycles. The lowest BCUT2D eigenvalue weighted by atomic mass is 10.2. The Kier molecular flexibility index (Phi) is 5.52. The van der Waals surface area contributed by atoms with E-state index in [0.717, 1.165) is 12.8 Å². The third-order valence-electron chi connectivity index (χ3n) is 3.40. The SMILES string of the molecule is CCCCNC(=O)N/N=C/c1ccc2c(c1)[n+]([O-])c(C#N)c(N)[n+]2[O-]. The Morgan fingerprint density at radius 3 is 2.84 bits per heavy atom. The van der Waals surface area contributed by atoms with Gasteiger partial charge in [0.25, 0.3) is 5.52 Å². The summed E-state index contributed by atoms with van der Waals surface area (Å²) in [5.41, 5.74) is 7.75. The fourth-order valence-electron chi connectivity index (χ4n) is 2.09. The van der Waals surface area contributed by atoms with E-state index in [1.165, 1.54) is 24.4 Å². The van der Waals surface area contributed by atoms with Gasteiger partial charge in [0.05, 0.1) is 6.21 Å². The molecular formula is C15H17N7O3. The van der Waals surface area contributed by atoms with Crippen molar-refractivity contribution in [2.75, 3.05) is 12.3 Å². The number of nitrogens with two attached hydrogens (primary N) is 1. The molecule has 0 radical (unpaired) electrons. The van der Waals surface area contributed by atoms with Gasteiger partial charge in [-0.3, -0.25) is 5.73 Å². The summed E-state index contributed by atoms with van der Waals surface area (Å²) >= 11 is 0. The fourth-order valence-corrected chi connectivity index (χ4v) is 2.09. The summed E-state index contributed by atoms with van der Waals surface area (Å²) in [6, 6.07) is 5.45. The molecule has 10 nitrogen and oxygen atoms in total. The number of nitrogens with zero attached hydrogens (tertiary/aromatic N) is 4. The standard InChI is InChI=1S/C15H17N7O3/c1-2-3-6-18-15(23)20-19-9-10-4-5-11-12(7-10)21(24)13(8-16)14(17)22(11)25/h4-5,7,9H,2-3,6,17H2,1H3,(H2,18,20,23)/b19-9+. The lowest BCUT2D eigenvalue weighted by molar-refractivity contribution is -0.620. The number of nitriles is 1. The molecule has 1 heterocycles.